The Kier molecular flexibility index (Phi) is 4.19. The number of hydrogen-bond donors (Lipinski definition) is 1. The SMILES string of the molecule is Cc1nc(-c2cccnc2)nc(NC2CCCC3OCCC23)c1C. The maximum Gasteiger partial charge on any atom is 0.163 e. The lowest BCUT2D eigenvalue weighted by molar-refractivity contribution is 0.0619. The zero-order valence-electron chi connectivity index (χ0n) is 14.3. The molecule has 1 saturated heterocycles. The molecule has 0 spiro atoms. The molecular weight excluding hydrogens is 300 g/mol. The summed E-state index contributed by atoms with van der Waals surface area (Å²) in [5, 5.41) is 3.72. The fourth-order valence-electron chi connectivity index (χ4n) is 3.92. The Morgan fingerprint density at radius 3 is 2.92 bits per heavy atom. The summed E-state index contributed by atoms with van der Waals surface area (Å²) in [7, 11) is 0. The number of nitrogens with one attached hydrogen (secondary N) is 1. The highest BCUT2D eigenvalue weighted by atomic mass is 16.5. The van der Waals surface area contributed by atoms with Crippen molar-refractivity contribution < 1.29 is 4.74 Å². The smallest absolute Gasteiger partial charge is 0.163 e. The van der Waals surface area contributed by atoms with E-state index in [2.05, 4.69) is 22.2 Å². The van der Waals surface area contributed by atoms with E-state index in [0.717, 1.165) is 41.5 Å². The number of nitrogens with zero attached hydrogens (tertiary/aromatic N) is 3. The van der Waals surface area contributed by atoms with Gasteiger partial charge < -0.3 is 10.1 Å². The summed E-state index contributed by atoms with van der Waals surface area (Å²) < 4.78 is 5.89. The molecule has 0 bridgehead atoms. The van der Waals surface area contributed by atoms with Gasteiger partial charge in [0, 0.05) is 47.8 Å². The highest BCUT2D eigenvalue weighted by molar-refractivity contribution is 5.58. The summed E-state index contributed by atoms with van der Waals surface area (Å²) in [6, 6.07) is 4.37. The molecule has 0 radical (unpaired) electrons. The molecule has 3 unspecified atom stereocenters. The zero-order valence-corrected chi connectivity index (χ0v) is 14.3. The standard InChI is InChI=1S/C19H24N4O/c1-12-13(2)21-19(14-5-4-9-20-11-14)23-18(12)22-16-6-3-7-17-15(16)8-10-24-17/h4-5,9,11,15-17H,3,6-8,10H2,1-2H3,(H,21,22,23). The average molecular weight is 324 g/mol. The first-order valence-corrected chi connectivity index (χ1v) is 8.86. The number of aromatic nitrogens is 3. The molecule has 1 saturated carbocycles. The summed E-state index contributed by atoms with van der Waals surface area (Å²) in [5.74, 6) is 2.30. The monoisotopic (exact) mass is 324 g/mol. The Balaban J connectivity index is 1.64. The van der Waals surface area contributed by atoms with Crippen molar-refractivity contribution in [3.05, 3.63) is 35.8 Å². The molecule has 5 heteroatoms. The first kappa shape index (κ1) is 15.5. The van der Waals surface area contributed by atoms with Crippen LogP contribution in [0.25, 0.3) is 11.4 Å². The van der Waals surface area contributed by atoms with Crippen LogP contribution < -0.4 is 5.32 Å². The Morgan fingerprint density at radius 2 is 2.08 bits per heavy atom. The van der Waals surface area contributed by atoms with E-state index in [1.807, 2.05) is 25.3 Å². The van der Waals surface area contributed by atoms with Crippen LogP contribution >= 0.6 is 0 Å². The van der Waals surface area contributed by atoms with Crippen LogP contribution in [0.3, 0.4) is 0 Å². The van der Waals surface area contributed by atoms with Crippen molar-refractivity contribution in [1.29, 1.82) is 0 Å². The number of aryl methyl sites for hydroxylation is 1. The fourth-order valence-corrected chi connectivity index (χ4v) is 3.92. The van der Waals surface area contributed by atoms with Gasteiger partial charge in [0.1, 0.15) is 5.82 Å². The molecule has 1 aliphatic carbocycles. The molecule has 0 amide bonds. The van der Waals surface area contributed by atoms with Gasteiger partial charge in [0.05, 0.1) is 6.10 Å². The minimum absolute atomic E-state index is 0.428. The first-order valence-electron chi connectivity index (χ1n) is 8.86. The average Bonchev–Trinajstić information content (AvgIpc) is 3.09. The van der Waals surface area contributed by atoms with E-state index in [4.69, 9.17) is 9.72 Å². The zero-order chi connectivity index (χ0) is 16.5. The second-order valence-electron chi connectivity index (χ2n) is 6.89. The lowest BCUT2D eigenvalue weighted by Gasteiger charge is -2.34. The molecule has 2 fully saturated rings. The third kappa shape index (κ3) is 2.88. The normalized spacial score (nSPS) is 26.2. The third-order valence-corrected chi connectivity index (χ3v) is 5.41. The minimum Gasteiger partial charge on any atom is -0.378 e. The van der Waals surface area contributed by atoms with E-state index < -0.39 is 0 Å². The number of hydrogen-bond acceptors (Lipinski definition) is 5. The lowest BCUT2D eigenvalue weighted by atomic mass is 9.82. The maximum atomic E-state index is 5.89. The van der Waals surface area contributed by atoms with Gasteiger partial charge in [-0.05, 0) is 51.7 Å². The van der Waals surface area contributed by atoms with Gasteiger partial charge in [-0.2, -0.15) is 0 Å². The summed E-state index contributed by atoms with van der Waals surface area (Å²) >= 11 is 0. The molecule has 2 aromatic heterocycles. The van der Waals surface area contributed by atoms with Gasteiger partial charge >= 0.3 is 0 Å². The topological polar surface area (TPSA) is 59.9 Å². The van der Waals surface area contributed by atoms with Crippen LogP contribution in [0.2, 0.25) is 0 Å². The van der Waals surface area contributed by atoms with Crippen LogP contribution in [0.1, 0.15) is 36.9 Å². The number of rotatable bonds is 3. The van der Waals surface area contributed by atoms with Crippen LogP contribution in [-0.2, 0) is 4.74 Å². The molecule has 3 atom stereocenters. The van der Waals surface area contributed by atoms with E-state index in [9.17, 15) is 0 Å². The lowest BCUT2D eigenvalue weighted by Crippen LogP contribution is -2.38. The van der Waals surface area contributed by atoms with Crippen LogP contribution in [0.15, 0.2) is 24.5 Å². The molecule has 2 aliphatic rings. The van der Waals surface area contributed by atoms with Gasteiger partial charge in [0.15, 0.2) is 5.82 Å². The Bertz CT molecular complexity index is 719. The highest BCUT2D eigenvalue weighted by Gasteiger charge is 2.37. The van der Waals surface area contributed by atoms with Gasteiger partial charge in [0.25, 0.3) is 0 Å². The Labute approximate surface area is 142 Å². The van der Waals surface area contributed by atoms with E-state index in [-0.39, 0.29) is 0 Å². The molecule has 0 aromatic carbocycles. The number of anilines is 1. The second kappa shape index (κ2) is 6.48. The highest BCUT2D eigenvalue weighted by Crippen LogP contribution is 2.36. The maximum absolute atomic E-state index is 5.89. The van der Waals surface area contributed by atoms with E-state index in [1.54, 1.807) is 6.20 Å². The summed E-state index contributed by atoms with van der Waals surface area (Å²) in [4.78, 5) is 13.6. The van der Waals surface area contributed by atoms with Crippen molar-refractivity contribution >= 4 is 5.82 Å². The van der Waals surface area contributed by atoms with Crippen molar-refractivity contribution in [3.8, 4) is 11.4 Å². The molecule has 1 aliphatic heterocycles. The van der Waals surface area contributed by atoms with Crippen molar-refractivity contribution in [2.24, 2.45) is 5.92 Å². The number of ether oxygens (including phenoxy) is 1. The van der Waals surface area contributed by atoms with Gasteiger partial charge in [-0.3, -0.25) is 4.98 Å². The second-order valence-corrected chi connectivity index (χ2v) is 6.89. The fraction of sp³-hybridized carbons (Fsp3) is 0.526. The van der Waals surface area contributed by atoms with Crippen LogP contribution in [0.5, 0.6) is 0 Å². The van der Waals surface area contributed by atoms with Crippen LogP contribution in [0.4, 0.5) is 5.82 Å². The molecule has 24 heavy (non-hydrogen) atoms. The first-order chi connectivity index (χ1) is 11.7. The molecule has 3 heterocycles. The molecule has 5 nitrogen and oxygen atoms in total. The van der Waals surface area contributed by atoms with Gasteiger partial charge in [-0.1, -0.05) is 0 Å². The van der Waals surface area contributed by atoms with Crippen LogP contribution in [-0.4, -0.2) is 33.7 Å². The van der Waals surface area contributed by atoms with Gasteiger partial charge in [0.2, 0.25) is 0 Å². The molecule has 4 rings (SSSR count). The summed E-state index contributed by atoms with van der Waals surface area (Å²) in [5.41, 5.74) is 3.10. The van der Waals surface area contributed by atoms with E-state index in [1.165, 1.54) is 19.3 Å². The number of fused-ring (bicyclic) bond motifs is 1. The summed E-state index contributed by atoms with van der Waals surface area (Å²) in [6.45, 7) is 5.04. The molecule has 126 valence electrons. The van der Waals surface area contributed by atoms with E-state index in [0.29, 0.717) is 18.1 Å². The van der Waals surface area contributed by atoms with Crippen molar-refractivity contribution in [1.82, 2.24) is 15.0 Å². The predicted octanol–water partition coefficient (Wildman–Crippen LogP) is 3.52. The molecule has 2 aromatic rings. The van der Waals surface area contributed by atoms with Crippen LogP contribution in [0, 0.1) is 19.8 Å². The van der Waals surface area contributed by atoms with Crippen molar-refractivity contribution in [2.45, 2.75) is 51.7 Å². The van der Waals surface area contributed by atoms with E-state index >= 15 is 0 Å². The quantitative estimate of drug-likeness (QED) is 0.936. The number of pyridine rings is 1. The van der Waals surface area contributed by atoms with Crippen molar-refractivity contribution in [3.63, 3.8) is 0 Å². The van der Waals surface area contributed by atoms with Gasteiger partial charge in [-0.25, -0.2) is 9.97 Å². The Hall–Kier alpha value is -2.01. The van der Waals surface area contributed by atoms with Gasteiger partial charge in [-0.15, -0.1) is 0 Å². The third-order valence-electron chi connectivity index (χ3n) is 5.41. The Morgan fingerprint density at radius 1 is 1.17 bits per heavy atom. The minimum atomic E-state index is 0.428. The largest absolute Gasteiger partial charge is 0.378 e. The summed E-state index contributed by atoms with van der Waals surface area (Å²) in [6.07, 6.45) is 8.78. The molecular formula is C19H24N4O. The van der Waals surface area contributed by atoms with Crippen molar-refractivity contribution in [2.75, 3.05) is 11.9 Å². The molecule has 1 N–H and O–H groups in total. The predicted molar refractivity (Wildman–Crippen MR) is 93.8 cm³/mol.